The summed E-state index contributed by atoms with van der Waals surface area (Å²) in [6, 6.07) is 7.70. The zero-order valence-corrected chi connectivity index (χ0v) is 18.4. The standard InChI is InChI=1S/C18H28BrN3O.2ClH/c1-4-10-21(3)12-14-9-11-22(13-14)17(23)18(2,20)15-5-7-16(19)8-6-15;;/h5-8,14H,4,9-13,20H2,1-3H3;2*1H. The van der Waals surface area contributed by atoms with Crippen molar-refractivity contribution in [2.75, 3.05) is 33.2 Å². The Hall–Kier alpha value is -0.330. The number of carbonyl (C=O) groups is 1. The molecule has 0 aromatic heterocycles. The number of nitrogens with two attached hydrogens (primary N) is 1. The lowest BCUT2D eigenvalue weighted by Crippen LogP contribution is -2.50. The SMILES string of the molecule is CCCN(C)CC1CCN(C(=O)C(C)(N)c2ccc(Br)cc2)C1.Cl.Cl. The Bertz CT molecular complexity index is 540. The number of amides is 1. The molecule has 1 aliphatic heterocycles. The van der Waals surface area contributed by atoms with Gasteiger partial charge in [-0.05, 0) is 57.0 Å². The molecule has 25 heavy (non-hydrogen) atoms. The van der Waals surface area contributed by atoms with Gasteiger partial charge in [-0.3, -0.25) is 4.79 Å². The first-order valence-electron chi connectivity index (χ1n) is 8.37. The molecular weight excluding hydrogens is 425 g/mol. The highest BCUT2D eigenvalue weighted by atomic mass is 79.9. The third-order valence-corrected chi connectivity index (χ3v) is 5.17. The van der Waals surface area contributed by atoms with E-state index in [1.54, 1.807) is 0 Å². The predicted molar refractivity (Wildman–Crippen MR) is 113 cm³/mol. The molecule has 0 radical (unpaired) electrons. The Morgan fingerprint density at radius 3 is 2.52 bits per heavy atom. The van der Waals surface area contributed by atoms with E-state index < -0.39 is 5.54 Å². The summed E-state index contributed by atoms with van der Waals surface area (Å²) in [5, 5.41) is 0. The van der Waals surface area contributed by atoms with Crippen molar-refractivity contribution in [3.63, 3.8) is 0 Å². The lowest BCUT2D eigenvalue weighted by molar-refractivity contribution is -0.135. The molecule has 7 heteroatoms. The summed E-state index contributed by atoms with van der Waals surface area (Å²) in [6.07, 6.45) is 2.23. The second-order valence-electron chi connectivity index (χ2n) is 6.88. The van der Waals surface area contributed by atoms with Crippen LogP contribution in [0.5, 0.6) is 0 Å². The molecule has 1 amide bonds. The van der Waals surface area contributed by atoms with Gasteiger partial charge in [0.15, 0.2) is 0 Å². The molecule has 1 aliphatic rings. The number of nitrogens with zero attached hydrogens (tertiary/aromatic N) is 2. The van der Waals surface area contributed by atoms with Crippen molar-refractivity contribution < 1.29 is 4.79 Å². The van der Waals surface area contributed by atoms with Crippen molar-refractivity contribution in [1.29, 1.82) is 0 Å². The van der Waals surface area contributed by atoms with Gasteiger partial charge < -0.3 is 15.5 Å². The number of hydrogen-bond donors (Lipinski definition) is 1. The van der Waals surface area contributed by atoms with Crippen LogP contribution in [0.15, 0.2) is 28.7 Å². The highest BCUT2D eigenvalue weighted by Crippen LogP contribution is 2.26. The van der Waals surface area contributed by atoms with Crippen LogP contribution in [0.25, 0.3) is 0 Å². The molecular formula is C18H30BrCl2N3O. The normalized spacial score (nSPS) is 19.1. The predicted octanol–water partition coefficient (Wildman–Crippen LogP) is 3.66. The van der Waals surface area contributed by atoms with E-state index in [-0.39, 0.29) is 30.7 Å². The minimum Gasteiger partial charge on any atom is -0.340 e. The molecule has 1 fully saturated rings. The summed E-state index contributed by atoms with van der Waals surface area (Å²) in [5.41, 5.74) is 6.28. The Kier molecular flexibility index (Phi) is 10.6. The Morgan fingerprint density at radius 1 is 1.36 bits per heavy atom. The maximum Gasteiger partial charge on any atom is 0.246 e. The van der Waals surface area contributed by atoms with E-state index in [1.165, 1.54) is 0 Å². The van der Waals surface area contributed by atoms with Crippen LogP contribution >= 0.6 is 40.7 Å². The first kappa shape index (κ1) is 24.7. The van der Waals surface area contributed by atoms with Gasteiger partial charge in [-0.2, -0.15) is 0 Å². The molecule has 0 aliphatic carbocycles. The smallest absolute Gasteiger partial charge is 0.246 e. The largest absolute Gasteiger partial charge is 0.340 e. The molecule has 4 nitrogen and oxygen atoms in total. The quantitative estimate of drug-likeness (QED) is 0.713. The summed E-state index contributed by atoms with van der Waals surface area (Å²) in [6.45, 7) is 7.80. The van der Waals surface area contributed by atoms with Crippen molar-refractivity contribution in [3.05, 3.63) is 34.3 Å². The van der Waals surface area contributed by atoms with Gasteiger partial charge in [0.05, 0.1) is 0 Å². The van der Waals surface area contributed by atoms with Crippen LogP contribution < -0.4 is 5.73 Å². The minimum absolute atomic E-state index is 0. The van der Waals surface area contributed by atoms with Crippen LogP contribution in [0.1, 0.15) is 32.3 Å². The van der Waals surface area contributed by atoms with E-state index in [9.17, 15) is 4.79 Å². The van der Waals surface area contributed by atoms with Crippen molar-refractivity contribution in [3.8, 4) is 0 Å². The lowest BCUT2D eigenvalue weighted by Gasteiger charge is -2.30. The molecule has 2 unspecified atom stereocenters. The fourth-order valence-electron chi connectivity index (χ4n) is 3.33. The maximum absolute atomic E-state index is 12.9. The first-order valence-corrected chi connectivity index (χ1v) is 9.16. The molecule has 2 rings (SSSR count). The van der Waals surface area contributed by atoms with Crippen molar-refractivity contribution >= 4 is 46.7 Å². The van der Waals surface area contributed by atoms with Gasteiger partial charge in [-0.15, -0.1) is 24.8 Å². The summed E-state index contributed by atoms with van der Waals surface area (Å²) >= 11 is 3.42. The van der Waals surface area contributed by atoms with Crippen molar-refractivity contribution in [2.45, 2.75) is 32.2 Å². The molecule has 0 saturated carbocycles. The Balaban J connectivity index is 0.00000288. The number of benzene rings is 1. The molecule has 144 valence electrons. The summed E-state index contributed by atoms with van der Waals surface area (Å²) in [4.78, 5) is 17.2. The third kappa shape index (κ3) is 6.40. The fourth-order valence-corrected chi connectivity index (χ4v) is 3.59. The number of hydrogen-bond acceptors (Lipinski definition) is 3. The number of rotatable bonds is 6. The van der Waals surface area contributed by atoms with Crippen LogP contribution in [0.3, 0.4) is 0 Å². The van der Waals surface area contributed by atoms with Crippen molar-refractivity contribution in [2.24, 2.45) is 11.7 Å². The number of likely N-dealkylation sites (tertiary alicyclic amines) is 1. The summed E-state index contributed by atoms with van der Waals surface area (Å²) in [5.74, 6) is 0.580. The maximum atomic E-state index is 12.9. The van der Waals surface area contributed by atoms with E-state index in [4.69, 9.17) is 5.73 Å². The monoisotopic (exact) mass is 453 g/mol. The van der Waals surface area contributed by atoms with E-state index in [0.29, 0.717) is 5.92 Å². The molecule has 1 aromatic carbocycles. The summed E-state index contributed by atoms with van der Waals surface area (Å²) < 4.78 is 0.990. The molecule has 0 bridgehead atoms. The molecule has 1 aromatic rings. The minimum atomic E-state index is -0.967. The molecule has 2 N–H and O–H groups in total. The average Bonchev–Trinajstić information content (AvgIpc) is 2.95. The molecule has 1 heterocycles. The fraction of sp³-hybridized carbons (Fsp3) is 0.611. The molecule has 1 saturated heterocycles. The molecule has 0 spiro atoms. The summed E-state index contributed by atoms with van der Waals surface area (Å²) in [7, 11) is 2.16. The third-order valence-electron chi connectivity index (χ3n) is 4.64. The topological polar surface area (TPSA) is 49.6 Å². The highest BCUT2D eigenvalue weighted by molar-refractivity contribution is 9.10. The average molecular weight is 455 g/mol. The van der Waals surface area contributed by atoms with Crippen LogP contribution in [0.4, 0.5) is 0 Å². The van der Waals surface area contributed by atoms with E-state index in [2.05, 4.69) is 34.8 Å². The Morgan fingerprint density at radius 2 is 1.96 bits per heavy atom. The van der Waals surface area contributed by atoms with Gasteiger partial charge in [-0.25, -0.2) is 0 Å². The second-order valence-corrected chi connectivity index (χ2v) is 7.79. The Labute approximate surface area is 172 Å². The van der Waals surface area contributed by atoms with E-state index in [0.717, 1.165) is 49.1 Å². The van der Waals surface area contributed by atoms with Gasteiger partial charge in [0.25, 0.3) is 0 Å². The van der Waals surface area contributed by atoms with Crippen LogP contribution in [0, 0.1) is 5.92 Å². The van der Waals surface area contributed by atoms with Crippen LogP contribution in [-0.2, 0) is 10.3 Å². The van der Waals surface area contributed by atoms with E-state index in [1.807, 2.05) is 36.1 Å². The second kappa shape index (κ2) is 10.7. The van der Waals surface area contributed by atoms with Crippen LogP contribution in [-0.4, -0.2) is 48.9 Å². The highest BCUT2D eigenvalue weighted by Gasteiger charge is 2.37. The van der Waals surface area contributed by atoms with Crippen molar-refractivity contribution in [1.82, 2.24) is 9.80 Å². The van der Waals surface area contributed by atoms with Gasteiger partial charge in [-0.1, -0.05) is 35.0 Å². The number of halogens is 3. The zero-order chi connectivity index (χ0) is 17.0. The molecule has 2 atom stereocenters. The van der Waals surface area contributed by atoms with Gasteiger partial charge >= 0.3 is 0 Å². The van der Waals surface area contributed by atoms with E-state index >= 15 is 0 Å². The zero-order valence-electron chi connectivity index (χ0n) is 15.2. The van der Waals surface area contributed by atoms with Gasteiger partial charge in [0.2, 0.25) is 5.91 Å². The van der Waals surface area contributed by atoms with Gasteiger partial charge in [0.1, 0.15) is 5.54 Å². The lowest BCUT2D eigenvalue weighted by atomic mass is 9.92. The van der Waals surface area contributed by atoms with Crippen LogP contribution in [0.2, 0.25) is 0 Å². The first-order chi connectivity index (χ1) is 10.8. The van der Waals surface area contributed by atoms with Gasteiger partial charge in [0, 0.05) is 24.1 Å². The number of carbonyl (C=O) groups excluding carboxylic acids is 1.